The number of halogens is 1. The molecule has 1 unspecified atom stereocenters. The van der Waals surface area contributed by atoms with Crippen LogP contribution in [0.4, 0.5) is 0 Å². The second-order valence-electron chi connectivity index (χ2n) is 6.39. The molecule has 24 heavy (non-hydrogen) atoms. The second kappa shape index (κ2) is 7.95. The Labute approximate surface area is 152 Å². The van der Waals surface area contributed by atoms with Gasteiger partial charge in [-0.15, -0.1) is 0 Å². The summed E-state index contributed by atoms with van der Waals surface area (Å²) in [6, 6.07) is 16.8. The zero-order valence-corrected chi connectivity index (χ0v) is 15.6. The Morgan fingerprint density at radius 2 is 1.88 bits per heavy atom. The molecule has 1 heterocycles. The Bertz CT molecular complexity index is 682. The molecule has 0 saturated carbocycles. The first-order valence-electron chi connectivity index (χ1n) is 8.46. The Kier molecular flexibility index (Phi) is 5.69. The number of likely N-dealkylation sites (tertiary alicyclic amines) is 1. The third kappa shape index (κ3) is 4.25. The van der Waals surface area contributed by atoms with E-state index in [0.29, 0.717) is 18.2 Å². The van der Waals surface area contributed by atoms with Crippen molar-refractivity contribution in [3.05, 3.63) is 69.7 Å². The summed E-state index contributed by atoms with van der Waals surface area (Å²) in [5.74, 6) is -0.0216. The van der Waals surface area contributed by atoms with E-state index in [2.05, 4.69) is 57.5 Å². The first kappa shape index (κ1) is 17.2. The fourth-order valence-electron chi connectivity index (χ4n) is 3.26. The van der Waals surface area contributed by atoms with E-state index in [9.17, 15) is 4.79 Å². The molecule has 1 saturated heterocycles. The Morgan fingerprint density at radius 3 is 2.50 bits per heavy atom. The van der Waals surface area contributed by atoms with E-state index in [1.165, 1.54) is 30.5 Å². The van der Waals surface area contributed by atoms with Gasteiger partial charge in [0.15, 0.2) is 0 Å². The van der Waals surface area contributed by atoms with Crippen molar-refractivity contribution in [3.8, 4) is 0 Å². The molecule has 3 nitrogen and oxygen atoms in total. The standard InChI is InChI=1S/C20H23BrN2O/c1-23-14-2-3-19(23)16-6-4-15(5-7-16)12-13-22-20(24)17-8-10-18(21)11-9-17/h4-11,19H,2-3,12-14H2,1H3,(H,22,24). The van der Waals surface area contributed by atoms with Crippen molar-refractivity contribution in [2.75, 3.05) is 20.1 Å². The molecule has 1 aliphatic rings. The maximum Gasteiger partial charge on any atom is 0.251 e. The van der Waals surface area contributed by atoms with Crippen LogP contribution in [0.1, 0.15) is 40.4 Å². The van der Waals surface area contributed by atoms with Gasteiger partial charge in [0.2, 0.25) is 0 Å². The molecule has 0 aromatic heterocycles. The molecule has 126 valence electrons. The largest absolute Gasteiger partial charge is 0.352 e. The number of nitrogens with one attached hydrogen (secondary N) is 1. The molecule has 0 radical (unpaired) electrons. The molecule has 1 atom stereocenters. The lowest BCUT2D eigenvalue weighted by atomic mass is 10.0. The molecule has 3 rings (SSSR count). The molecule has 0 aliphatic carbocycles. The van der Waals surface area contributed by atoms with Crippen molar-refractivity contribution in [2.24, 2.45) is 0 Å². The average Bonchev–Trinajstić information content (AvgIpc) is 3.02. The van der Waals surface area contributed by atoms with E-state index in [1.807, 2.05) is 24.3 Å². The van der Waals surface area contributed by atoms with Crippen molar-refractivity contribution in [1.29, 1.82) is 0 Å². The SMILES string of the molecule is CN1CCCC1c1ccc(CCNC(=O)c2ccc(Br)cc2)cc1. The Morgan fingerprint density at radius 1 is 1.17 bits per heavy atom. The molecule has 1 fully saturated rings. The quantitative estimate of drug-likeness (QED) is 0.835. The predicted molar refractivity (Wildman–Crippen MR) is 101 cm³/mol. The van der Waals surface area contributed by atoms with Gasteiger partial charge in [0.05, 0.1) is 0 Å². The summed E-state index contributed by atoms with van der Waals surface area (Å²) in [4.78, 5) is 14.5. The van der Waals surface area contributed by atoms with Gasteiger partial charge in [-0.3, -0.25) is 9.69 Å². The van der Waals surface area contributed by atoms with Gasteiger partial charge in [0.1, 0.15) is 0 Å². The van der Waals surface area contributed by atoms with Crippen LogP contribution in [-0.2, 0) is 6.42 Å². The number of hydrogen-bond acceptors (Lipinski definition) is 2. The van der Waals surface area contributed by atoms with Crippen LogP contribution in [0, 0.1) is 0 Å². The van der Waals surface area contributed by atoms with Gasteiger partial charge >= 0.3 is 0 Å². The molecule has 0 spiro atoms. The van der Waals surface area contributed by atoms with E-state index < -0.39 is 0 Å². The summed E-state index contributed by atoms with van der Waals surface area (Å²) in [6.07, 6.45) is 3.38. The minimum absolute atomic E-state index is 0.0216. The van der Waals surface area contributed by atoms with Crippen LogP contribution in [-0.4, -0.2) is 30.9 Å². The van der Waals surface area contributed by atoms with E-state index >= 15 is 0 Å². The monoisotopic (exact) mass is 386 g/mol. The molecule has 2 aromatic carbocycles. The minimum Gasteiger partial charge on any atom is -0.352 e. The van der Waals surface area contributed by atoms with Crippen molar-refractivity contribution in [1.82, 2.24) is 10.2 Å². The molecule has 1 amide bonds. The highest BCUT2D eigenvalue weighted by atomic mass is 79.9. The number of benzene rings is 2. The first-order valence-corrected chi connectivity index (χ1v) is 9.25. The predicted octanol–water partition coefficient (Wildman–Crippen LogP) is 4.19. The number of carbonyl (C=O) groups excluding carboxylic acids is 1. The van der Waals surface area contributed by atoms with E-state index in [1.54, 1.807) is 0 Å². The second-order valence-corrected chi connectivity index (χ2v) is 7.31. The van der Waals surface area contributed by atoms with Gasteiger partial charge in [-0.05, 0) is 68.2 Å². The highest BCUT2D eigenvalue weighted by Crippen LogP contribution is 2.30. The van der Waals surface area contributed by atoms with Crippen molar-refractivity contribution in [3.63, 3.8) is 0 Å². The third-order valence-corrected chi connectivity index (χ3v) is 5.22. The molecular formula is C20H23BrN2O. The van der Waals surface area contributed by atoms with Crippen LogP contribution < -0.4 is 5.32 Å². The normalized spacial score (nSPS) is 17.8. The van der Waals surface area contributed by atoms with Crippen molar-refractivity contribution in [2.45, 2.75) is 25.3 Å². The molecule has 0 bridgehead atoms. The lowest BCUT2D eigenvalue weighted by Crippen LogP contribution is -2.25. The molecule has 2 aromatic rings. The number of hydrogen-bond donors (Lipinski definition) is 1. The Hall–Kier alpha value is -1.65. The first-order chi connectivity index (χ1) is 11.6. The summed E-state index contributed by atoms with van der Waals surface area (Å²) in [6.45, 7) is 1.84. The summed E-state index contributed by atoms with van der Waals surface area (Å²) in [5, 5.41) is 2.98. The van der Waals surface area contributed by atoms with Crippen molar-refractivity contribution < 1.29 is 4.79 Å². The van der Waals surface area contributed by atoms with Gasteiger partial charge < -0.3 is 5.32 Å². The van der Waals surface area contributed by atoms with E-state index in [-0.39, 0.29) is 5.91 Å². The number of nitrogens with zero attached hydrogens (tertiary/aromatic N) is 1. The lowest BCUT2D eigenvalue weighted by Gasteiger charge is -2.20. The highest BCUT2D eigenvalue weighted by Gasteiger charge is 2.22. The molecule has 4 heteroatoms. The highest BCUT2D eigenvalue weighted by molar-refractivity contribution is 9.10. The average molecular weight is 387 g/mol. The summed E-state index contributed by atoms with van der Waals surface area (Å²) >= 11 is 3.38. The topological polar surface area (TPSA) is 32.3 Å². The number of rotatable bonds is 5. The van der Waals surface area contributed by atoms with Crippen LogP contribution in [0.25, 0.3) is 0 Å². The maximum absolute atomic E-state index is 12.1. The third-order valence-electron chi connectivity index (χ3n) is 4.69. The van der Waals surface area contributed by atoms with Crippen LogP contribution in [0.5, 0.6) is 0 Å². The summed E-state index contributed by atoms with van der Waals surface area (Å²) < 4.78 is 0.979. The van der Waals surface area contributed by atoms with E-state index in [4.69, 9.17) is 0 Å². The molecule has 1 N–H and O–H groups in total. The van der Waals surface area contributed by atoms with Gasteiger partial charge in [0, 0.05) is 22.6 Å². The zero-order chi connectivity index (χ0) is 16.9. The Balaban J connectivity index is 1.50. The maximum atomic E-state index is 12.1. The van der Waals surface area contributed by atoms with Crippen molar-refractivity contribution >= 4 is 21.8 Å². The van der Waals surface area contributed by atoms with Gasteiger partial charge in [-0.1, -0.05) is 40.2 Å². The minimum atomic E-state index is -0.0216. The van der Waals surface area contributed by atoms with Gasteiger partial charge in [0.25, 0.3) is 5.91 Å². The fourth-order valence-corrected chi connectivity index (χ4v) is 3.53. The van der Waals surface area contributed by atoms with Crippen LogP contribution in [0.2, 0.25) is 0 Å². The summed E-state index contributed by atoms with van der Waals surface area (Å²) in [7, 11) is 2.20. The molecule has 1 aliphatic heterocycles. The van der Waals surface area contributed by atoms with E-state index in [0.717, 1.165) is 10.9 Å². The zero-order valence-electron chi connectivity index (χ0n) is 14.0. The fraction of sp³-hybridized carbons (Fsp3) is 0.350. The lowest BCUT2D eigenvalue weighted by molar-refractivity contribution is 0.0954. The van der Waals surface area contributed by atoms with Gasteiger partial charge in [-0.2, -0.15) is 0 Å². The van der Waals surface area contributed by atoms with Crippen LogP contribution in [0.15, 0.2) is 53.0 Å². The smallest absolute Gasteiger partial charge is 0.251 e. The number of carbonyl (C=O) groups is 1. The van der Waals surface area contributed by atoms with Crippen LogP contribution in [0.3, 0.4) is 0 Å². The van der Waals surface area contributed by atoms with Gasteiger partial charge in [-0.25, -0.2) is 0 Å². The summed E-state index contributed by atoms with van der Waals surface area (Å²) in [5.41, 5.74) is 3.35. The van der Waals surface area contributed by atoms with Crippen LogP contribution >= 0.6 is 15.9 Å². The molecular weight excluding hydrogens is 364 g/mol. The number of amides is 1.